The molecule has 1 saturated carbocycles. The molecule has 3 N–H and O–H groups in total. The van der Waals surface area contributed by atoms with Crippen molar-refractivity contribution in [1.82, 2.24) is 15.4 Å². The van der Waals surface area contributed by atoms with Crippen LogP contribution in [0.2, 0.25) is 0 Å². The average Bonchev–Trinajstić information content (AvgIpc) is 2.43. The molecule has 0 bridgehead atoms. The van der Waals surface area contributed by atoms with Crippen molar-refractivity contribution in [2.24, 2.45) is 4.99 Å². The molecule has 0 aliphatic heterocycles. The summed E-state index contributed by atoms with van der Waals surface area (Å²) in [4.78, 5) is 4.44. The topological polar surface area (TPSA) is 82.6 Å². The van der Waals surface area contributed by atoms with Gasteiger partial charge >= 0.3 is 0 Å². The summed E-state index contributed by atoms with van der Waals surface area (Å²) in [6.45, 7) is 5.80. The number of aliphatic imine (C=N–C) groups is 1. The van der Waals surface area contributed by atoms with Crippen LogP contribution in [0.1, 0.15) is 39.5 Å². The molecular formula is C14H30N4O2S2. The van der Waals surface area contributed by atoms with Crippen molar-refractivity contribution in [3.05, 3.63) is 0 Å². The molecule has 8 heteroatoms. The molecule has 1 aliphatic carbocycles. The zero-order valence-corrected chi connectivity index (χ0v) is 15.5. The molecule has 0 spiro atoms. The van der Waals surface area contributed by atoms with Gasteiger partial charge in [0.15, 0.2) is 5.96 Å². The molecule has 130 valence electrons. The molecule has 1 rings (SSSR count). The van der Waals surface area contributed by atoms with E-state index >= 15 is 0 Å². The lowest BCUT2D eigenvalue weighted by atomic mass is 9.95. The lowest BCUT2D eigenvalue weighted by molar-refractivity contribution is 0.419. The minimum Gasteiger partial charge on any atom is -0.357 e. The maximum atomic E-state index is 11.0. The van der Waals surface area contributed by atoms with Gasteiger partial charge in [0.2, 0.25) is 10.0 Å². The number of hydrogen-bond donors (Lipinski definition) is 3. The van der Waals surface area contributed by atoms with Gasteiger partial charge < -0.3 is 10.6 Å². The summed E-state index contributed by atoms with van der Waals surface area (Å²) < 4.78 is 24.5. The Morgan fingerprint density at radius 2 is 2.09 bits per heavy atom. The minimum absolute atomic E-state index is 0.328. The predicted molar refractivity (Wildman–Crippen MR) is 96.1 cm³/mol. The van der Waals surface area contributed by atoms with E-state index in [1.807, 2.05) is 18.7 Å². The van der Waals surface area contributed by atoms with E-state index in [9.17, 15) is 8.42 Å². The van der Waals surface area contributed by atoms with Crippen molar-refractivity contribution in [2.45, 2.75) is 50.8 Å². The molecule has 0 saturated heterocycles. The lowest BCUT2D eigenvalue weighted by Crippen LogP contribution is -2.46. The van der Waals surface area contributed by atoms with Gasteiger partial charge in [-0.25, -0.2) is 13.1 Å². The summed E-state index contributed by atoms with van der Waals surface area (Å²) in [5.74, 6) is 1.95. The Hall–Kier alpha value is -0.470. The van der Waals surface area contributed by atoms with Crippen LogP contribution < -0.4 is 15.4 Å². The van der Waals surface area contributed by atoms with Gasteiger partial charge in [-0.15, -0.1) is 0 Å². The maximum Gasteiger partial charge on any atom is 0.208 e. The summed E-state index contributed by atoms with van der Waals surface area (Å²) in [6.07, 6.45) is 6.07. The molecule has 2 unspecified atom stereocenters. The molecule has 0 heterocycles. The van der Waals surface area contributed by atoms with Gasteiger partial charge in [-0.1, -0.05) is 13.3 Å². The SMILES string of the molecule is CCNC(=NCCNS(C)(=O)=O)NC1CCCC(SCC)C1. The zero-order valence-electron chi connectivity index (χ0n) is 13.9. The van der Waals surface area contributed by atoms with Crippen LogP contribution in [0, 0.1) is 0 Å². The van der Waals surface area contributed by atoms with E-state index in [1.54, 1.807) is 0 Å². The highest BCUT2D eigenvalue weighted by molar-refractivity contribution is 7.99. The van der Waals surface area contributed by atoms with Crippen LogP contribution >= 0.6 is 11.8 Å². The van der Waals surface area contributed by atoms with Gasteiger partial charge in [0.25, 0.3) is 0 Å². The Kier molecular flexibility index (Phi) is 9.19. The fourth-order valence-electron chi connectivity index (χ4n) is 2.58. The van der Waals surface area contributed by atoms with E-state index in [0.717, 1.165) is 24.0 Å². The Balaban J connectivity index is 2.44. The van der Waals surface area contributed by atoms with E-state index in [2.05, 4.69) is 27.3 Å². The van der Waals surface area contributed by atoms with E-state index in [0.29, 0.717) is 19.1 Å². The van der Waals surface area contributed by atoms with Gasteiger partial charge in [-0.05, 0) is 31.9 Å². The molecule has 0 radical (unpaired) electrons. The van der Waals surface area contributed by atoms with Crippen molar-refractivity contribution in [2.75, 3.05) is 31.6 Å². The third-order valence-corrected chi connectivity index (χ3v) is 5.42. The predicted octanol–water partition coefficient (Wildman–Crippen LogP) is 1.16. The molecule has 22 heavy (non-hydrogen) atoms. The van der Waals surface area contributed by atoms with Gasteiger partial charge in [-0.2, -0.15) is 11.8 Å². The highest BCUT2D eigenvalue weighted by Crippen LogP contribution is 2.28. The summed E-state index contributed by atoms with van der Waals surface area (Å²) in [5, 5.41) is 7.46. The van der Waals surface area contributed by atoms with Crippen molar-refractivity contribution < 1.29 is 8.42 Å². The van der Waals surface area contributed by atoms with Gasteiger partial charge in [0, 0.05) is 24.4 Å². The number of hydrogen-bond acceptors (Lipinski definition) is 4. The van der Waals surface area contributed by atoms with Crippen LogP contribution in [0.3, 0.4) is 0 Å². The lowest BCUT2D eigenvalue weighted by Gasteiger charge is -2.30. The quantitative estimate of drug-likeness (QED) is 0.348. The fourth-order valence-corrected chi connectivity index (χ4v) is 4.21. The highest BCUT2D eigenvalue weighted by Gasteiger charge is 2.22. The third kappa shape index (κ3) is 8.85. The molecule has 0 aromatic carbocycles. The molecule has 1 aliphatic rings. The molecule has 1 fully saturated rings. The second-order valence-corrected chi connectivity index (χ2v) is 8.92. The molecule has 0 aromatic heterocycles. The number of nitrogens with one attached hydrogen (secondary N) is 3. The van der Waals surface area contributed by atoms with Crippen LogP contribution in [0.5, 0.6) is 0 Å². The van der Waals surface area contributed by atoms with Gasteiger partial charge in [0.1, 0.15) is 0 Å². The average molecular weight is 351 g/mol. The monoisotopic (exact) mass is 350 g/mol. The standard InChI is InChI=1S/C14H30N4O2S2/c1-4-15-14(16-9-10-17-22(3,19)20)18-12-7-6-8-13(11-12)21-5-2/h12-13,17H,4-11H2,1-3H3,(H2,15,16,18). The molecule has 0 amide bonds. The fraction of sp³-hybridized carbons (Fsp3) is 0.929. The van der Waals surface area contributed by atoms with E-state index in [4.69, 9.17) is 0 Å². The highest BCUT2D eigenvalue weighted by atomic mass is 32.2. The normalized spacial score (nSPS) is 23.3. The first-order valence-corrected chi connectivity index (χ1v) is 11.0. The zero-order chi connectivity index (χ0) is 16.4. The number of thioether (sulfide) groups is 1. The second kappa shape index (κ2) is 10.3. The summed E-state index contributed by atoms with van der Waals surface area (Å²) in [6, 6.07) is 0.457. The Labute approximate surface area is 139 Å². The third-order valence-electron chi connectivity index (χ3n) is 3.46. The maximum absolute atomic E-state index is 11.0. The van der Waals surface area contributed by atoms with Crippen molar-refractivity contribution >= 4 is 27.7 Å². The van der Waals surface area contributed by atoms with Crippen LogP contribution in [-0.2, 0) is 10.0 Å². The Bertz CT molecular complexity index is 438. The molecule has 0 aromatic rings. The molecular weight excluding hydrogens is 320 g/mol. The largest absolute Gasteiger partial charge is 0.357 e. The van der Waals surface area contributed by atoms with Crippen LogP contribution in [0.25, 0.3) is 0 Å². The Morgan fingerprint density at radius 3 is 2.73 bits per heavy atom. The summed E-state index contributed by atoms with van der Waals surface area (Å²) >= 11 is 2.04. The number of guanidine groups is 1. The first-order chi connectivity index (χ1) is 10.4. The van der Waals surface area contributed by atoms with E-state index in [-0.39, 0.29) is 0 Å². The van der Waals surface area contributed by atoms with Crippen LogP contribution in [0.15, 0.2) is 4.99 Å². The number of rotatable bonds is 8. The van der Waals surface area contributed by atoms with Crippen molar-refractivity contribution in [3.63, 3.8) is 0 Å². The van der Waals surface area contributed by atoms with E-state index < -0.39 is 10.0 Å². The number of nitrogens with zero attached hydrogens (tertiary/aromatic N) is 1. The van der Waals surface area contributed by atoms with E-state index in [1.165, 1.54) is 31.4 Å². The smallest absolute Gasteiger partial charge is 0.208 e. The number of sulfonamides is 1. The Morgan fingerprint density at radius 1 is 1.32 bits per heavy atom. The molecule has 2 atom stereocenters. The van der Waals surface area contributed by atoms with Gasteiger partial charge in [0.05, 0.1) is 12.8 Å². The van der Waals surface area contributed by atoms with Crippen LogP contribution in [0.4, 0.5) is 0 Å². The van der Waals surface area contributed by atoms with Crippen molar-refractivity contribution in [3.8, 4) is 0 Å². The summed E-state index contributed by atoms with van der Waals surface area (Å²) in [7, 11) is -3.14. The minimum atomic E-state index is -3.14. The molecule has 6 nitrogen and oxygen atoms in total. The van der Waals surface area contributed by atoms with Crippen LogP contribution in [-0.4, -0.2) is 57.3 Å². The second-order valence-electron chi connectivity index (χ2n) is 5.51. The summed E-state index contributed by atoms with van der Waals surface area (Å²) in [5.41, 5.74) is 0. The first kappa shape index (κ1) is 19.6. The van der Waals surface area contributed by atoms with Gasteiger partial charge in [-0.3, -0.25) is 4.99 Å². The van der Waals surface area contributed by atoms with Crippen molar-refractivity contribution in [1.29, 1.82) is 0 Å². The first-order valence-electron chi connectivity index (χ1n) is 8.05.